The van der Waals surface area contributed by atoms with Gasteiger partial charge in [-0.25, -0.2) is 0 Å². The smallest absolute Gasteiger partial charge is 0.306 e. The fourth-order valence-corrected chi connectivity index (χ4v) is 6.33. The zero-order chi connectivity index (χ0) is 40.8. The number of allylic oxidation sites excluding steroid dienone is 10. The largest absolute Gasteiger partial charge is 0.462 e. The minimum absolute atomic E-state index is 0.0921. The Kier molecular flexibility index (Phi) is 42.5. The van der Waals surface area contributed by atoms with Gasteiger partial charge in [-0.3, -0.25) is 14.4 Å². The van der Waals surface area contributed by atoms with Crippen LogP contribution in [0.4, 0.5) is 0 Å². The van der Waals surface area contributed by atoms with Crippen LogP contribution in [0.25, 0.3) is 0 Å². The summed E-state index contributed by atoms with van der Waals surface area (Å²) in [5.41, 5.74) is 0. The van der Waals surface area contributed by atoms with Gasteiger partial charge in [0.2, 0.25) is 0 Å². The molecule has 0 spiro atoms. The molecule has 6 heteroatoms. The average Bonchev–Trinajstić information content (AvgIpc) is 3.19. The van der Waals surface area contributed by atoms with Crippen LogP contribution in [-0.2, 0) is 28.6 Å². The Labute approximate surface area is 345 Å². The molecular formula is C50H86O6. The predicted octanol–water partition coefficient (Wildman–Crippen LogP) is 14.9. The fraction of sp³-hybridized carbons (Fsp3) is 0.740. The second-order valence-corrected chi connectivity index (χ2v) is 15.4. The number of carbonyl (C=O) groups excluding carboxylic acids is 3. The standard InChI is InChI=1S/C50H86O6/c1-4-7-10-13-16-19-21-23-24-25-27-28-31-34-37-40-43-49(52)55-46-47(45-54-48(51)42-39-36-33-30-18-15-12-9-6-3)56-50(53)44-41-38-35-32-29-26-22-20-17-14-11-8-5-2/h8,11,14,17,20,22,24-26,29,47H,4-7,9-10,12-13,15-16,18-19,21,23,27-28,30-46H2,1-3H3/b11-8-,17-14-,22-20-,25-24-,29-26-. The first-order valence-electron chi connectivity index (χ1n) is 23.3. The van der Waals surface area contributed by atoms with E-state index >= 15 is 0 Å². The van der Waals surface area contributed by atoms with E-state index in [4.69, 9.17) is 14.2 Å². The van der Waals surface area contributed by atoms with Crippen LogP contribution < -0.4 is 0 Å². The third-order valence-electron chi connectivity index (χ3n) is 9.85. The lowest BCUT2D eigenvalue weighted by Gasteiger charge is -2.18. The molecule has 0 aromatic heterocycles. The van der Waals surface area contributed by atoms with Crippen LogP contribution in [0.5, 0.6) is 0 Å². The molecule has 1 unspecified atom stereocenters. The summed E-state index contributed by atoms with van der Waals surface area (Å²) in [6.45, 7) is 6.42. The van der Waals surface area contributed by atoms with Crippen molar-refractivity contribution in [1.29, 1.82) is 0 Å². The van der Waals surface area contributed by atoms with E-state index in [9.17, 15) is 14.4 Å². The van der Waals surface area contributed by atoms with E-state index in [1.165, 1.54) is 103 Å². The average molecular weight is 783 g/mol. The van der Waals surface area contributed by atoms with E-state index in [1.54, 1.807) is 0 Å². The van der Waals surface area contributed by atoms with Gasteiger partial charge in [0, 0.05) is 19.3 Å². The molecule has 0 N–H and O–H groups in total. The summed E-state index contributed by atoms with van der Waals surface area (Å²) < 4.78 is 16.7. The van der Waals surface area contributed by atoms with Gasteiger partial charge in [0.15, 0.2) is 6.10 Å². The van der Waals surface area contributed by atoms with Crippen molar-refractivity contribution in [3.63, 3.8) is 0 Å². The van der Waals surface area contributed by atoms with Crippen LogP contribution in [0.15, 0.2) is 60.8 Å². The van der Waals surface area contributed by atoms with Gasteiger partial charge in [0.05, 0.1) is 0 Å². The van der Waals surface area contributed by atoms with Crippen LogP contribution in [0, 0.1) is 0 Å². The summed E-state index contributed by atoms with van der Waals surface area (Å²) >= 11 is 0. The van der Waals surface area contributed by atoms with E-state index in [2.05, 4.69) is 45.1 Å². The summed E-state index contributed by atoms with van der Waals surface area (Å²) in [7, 11) is 0. The van der Waals surface area contributed by atoms with Crippen molar-refractivity contribution < 1.29 is 28.6 Å². The molecule has 0 rings (SSSR count). The predicted molar refractivity (Wildman–Crippen MR) is 238 cm³/mol. The van der Waals surface area contributed by atoms with E-state index in [1.807, 2.05) is 36.5 Å². The van der Waals surface area contributed by atoms with Crippen molar-refractivity contribution in [2.45, 2.75) is 226 Å². The van der Waals surface area contributed by atoms with E-state index < -0.39 is 6.10 Å². The number of hydrogen-bond donors (Lipinski definition) is 0. The lowest BCUT2D eigenvalue weighted by Crippen LogP contribution is -2.30. The molecule has 0 amide bonds. The van der Waals surface area contributed by atoms with E-state index in [0.717, 1.165) is 77.0 Å². The zero-order valence-corrected chi connectivity index (χ0v) is 36.6. The third-order valence-corrected chi connectivity index (χ3v) is 9.85. The molecule has 0 bridgehead atoms. The highest BCUT2D eigenvalue weighted by Crippen LogP contribution is 2.14. The Bertz CT molecular complexity index is 1040. The van der Waals surface area contributed by atoms with Gasteiger partial charge in [0.1, 0.15) is 13.2 Å². The van der Waals surface area contributed by atoms with Gasteiger partial charge in [-0.05, 0) is 64.2 Å². The van der Waals surface area contributed by atoms with Crippen molar-refractivity contribution in [3.8, 4) is 0 Å². The first kappa shape index (κ1) is 53.1. The molecule has 0 aliphatic carbocycles. The van der Waals surface area contributed by atoms with Gasteiger partial charge >= 0.3 is 17.9 Å². The van der Waals surface area contributed by atoms with Crippen LogP contribution in [0.3, 0.4) is 0 Å². The molecule has 0 radical (unpaired) electrons. The molecule has 1 atom stereocenters. The summed E-state index contributed by atoms with van der Waals surface area (Å²) in [6.07, 6.45) is 53.5. The molecule has 322 valence electrons. The number of esters is 3. The molecule has 0 heterocycles. The molecule has 56 heavy (non-hydrogen) atoms. The second kappa shape index (κ2) is 44.8. The van der Waals surface area contributed by atoms with Gasteiger partial charge in [-0.15, -0.1) is 0 Å². The van der Waals surface area contributed by atoms with Gasteiger partial charge in [-0.1, -0.05) is 197 Å². The van der Waals surface area contributed by atoms with Crippen LogP contribution in [0.1, 0.15) is 220 Å². The third kappa shape index (κ3) is 42.3. The Morgan fingerprint density at radius 3 is 1.16 bits per heavy atom. The van der Waals surface area contributed by atoms with Crippen molar-refractivity contribution in [3.05, 3.63) is 60.8 Å². The fourth-order valence-electron chi connectivity index (χ4n) is 6.33. The molecule has 0 saturated heterocycles. The van der Waals surface area contributed by atoms with Crippen molar-refractivity contribution in [2.75, 3.05) is 13.2 Å². The Morgan fingerprint density at radius 1 is 0.375 bits per heavy atom. The van der Waals surface area contributed by atoms with E-state index in [0.29, 0.717) is 12.8 Å². The number of hydrogen-bond acceptors (Lipinski definition) is 6. The summed E-state index contributed by atoms with van der Waals surface area (Å²) in [5.74, 6) is -0.945. The van der Waals surface area contributed by atoms with Crippen molar-refractivity contribution in [1.82, 2.24) is 0 Å². The maximum Gasteiger partial charge on any atom is 0.306 e. The van der Waals surface area contributed by atoms with Crippen LogP contribution in [0.2, 0.25) is 0 Å². The molecule has 0 aliphatic heterocycles. The minimum Gasteiger partial charge on any atom is -0.462 e. The maximum atomic E-state index is 12.7. The summed E-state index contributed by atoms with van der Waals surface area (Å²) in [6, 6.07) is 0. The monoisotopic (exact) mass is 783 g/mol. The second-order valence-electron chi connectivity index (χ2n) is 15.4. The summed E-state index contributed by atoms with van der Waals surface area (Å²) in [5, 5.41) is 0. The molecular weight excluding hydrogens is 697 g/mol. The molecule has 0 aromatic rings. The van der Waals surface area contributed by atoms with Crippen molar-refractivity contribution in [2.24, 2.45) is 0 Å². The lowest BCUT2D eigenvalue weighted by molar-refractivity contribution is -0.167. The Hall–Kier alpha value is -2.89. The van der Waals surface area contributed by atoms with Gasteiger partial charge < -0.3 is 14.2 Å². The topological polar surface area (TPSA) is 78.9 Å². The molecule has 0 saturated carbocycles. The highest BCUT2D eigenvalue weighted by atomic mass is 16.6. The number of ether oxygens (including phenoxy) is 3. The molecule has 0 fully saturated rings. The number of carbonyl (C=O) groups is 3. The molecule has 0 aliphatic rings. The SMILES string of the molecule is CC\C=C/C=C\C=C/C=C\CCCCCC(=O)OC(COC(=O)CCCCCCC/C=C\CCCCCCCCC)COC(=O)CCCCCCCCCCC. The molecule has 0 aromatic carbocycles. The Morgan fingerprint density at radius 2 is 0.714 bits per heavy atom. The van der Waals surface area contributed by atoms with Gasteiger partial charge in [-0.2, -0.15) is 0 Å². The van der Waals surface area contributed by atoms with Gasteiger partial charge in [0.25, 0.3) is 0 Å². The van der Waals surface area contributed by atoms with Crippen LogP contribution in [-0.4, -0.2) is 37.2 Å². The molecule has 6 nitrogen and oxygen atoms in total. The highest BCUT2D eigenvalue weighted by Gasteiger charge is 2.19. The van der Waals surface area contributed by atoms with Crippen LogP contribution >= 0.6 is 0 Å². The summed E-state index contributed by atoms with van der Waals surface area (Å²) in [4.78, 5) is 37.7. The normalized spacial score (nSPS) is 12.6. The maximum absolute atomic E-state index is 12.7. The highest BCUT2D eigenvalue weighted by molar-refractivity contribution is 5.71. The Balaban J connectivity index is 4.41. The van der Waals surface area contributed by atoms with E-state index in [-0.39, 0.29) is 37.5 Å². The minimum atomic E-state index is -0.793. The zero-order valence-electron chi connectivity index (χ0n) is 36.6. The quantitative estimate of drug-likeness (QED) is 0.0202. The lowest BCUT2D eigenvalue weighted by atomic mass is 10.1. The first-order valence-corrected chi connectivity index (χ1v) is 23.3. The number of unbranched alkanes of at least 4 members (excludes halogenated alkanes) is 23. The first-order chi connectivity index (χ1) is 27.5. The van der Waals surface area contributed by atoms with Crippen molar-refractivity contribution >= 4 is 17.9 Å². The number of rotatable bonds is 41.